The van der Waals surface area contributed by atoms with Crippen LogP contribution in [0.4, 0.5) is 0 Å². The van der Waals surface area contributed by atoms with E-state index < -0.39 is 5.97 Å². The van der Waals surface area contributed by atoms with E-state index >= 15 is 0 Å². The molecule has 29 heavy (non-hydrogen) atoms. The lowest BCUT2D eigenvalue weighted by atomic mass is 10.1. The standard InChI is InChI=1S/C22H27N3O3S/c1-5-15-6-8-16(9-7-15)13(2)23-18(26)12-28-22(27)19-14(3)24-20(17-10-11-17)25-21(19)29-4/h6-9,13,17H,5,10-12H2,1-4H3,(H,23,26)/t13-/m1/s1. The number of nitrogens with one attached hydrogen (secondary N) is 1. The third-order valence-corrected chi connectivity index (χ3v) is 5.70. The van der Waals surface area contributed by atoms with Crippen molar-refractivity contribution in [3.8, 4) is 0 Å². The predicted octanol–water partition coefficient (Wildman–Crippen LogP) is 3.98. The molecule has 0 spiro atoms. The molecule has 154 valence electrons. The van der Waals surface area contributed by atoms with Gasteiger partial charge in [-0.25, -0.2) is 14.8 Å². The summed E-state index contributed by atoms with van der Waals surface area (Å²) in [6.45, 7) is 5.45. The number of carbonyl (C=O) groups excluding carboxylic acids is 2. The molecule has 0 aliphatic heterocycles. The maximum absolute atomic E-state index is 12.6. The third kappa shape index (κ3) is 5.35. The van der Waals surface area contributed by atoms with Crippen LogP contribution in [0, 0.1) is 6.92 Å². The van der Waals surface area contributed by atoms with E-state index in [0.717, 1.165) is 30.7 Å². The lowest BCUT2D eigenvalue weighted by molar-refractivity contribution is -0.124. The van der Waals surface area contributed by atoms with Gasteiger partial charge >= 0.3 is 5.97 Å². The van der Waals surface area contributed by atoms with E-state index in [4.69, 9.17) is 4.74 Å². The molecule has 1 saturated carbocycles. The van der Waals surface area contributed by atoms with Crippen LogP contribution < -0.4 is 5.32 Å². The van der Waals surface area contributed by atoms with Gasteiger partial charge in [0.25, 0.3) is 5.91 Å². The van der Waals surface area contributed by atoms with Gasteiger partial charge in [0.2, 0.25) is 0 Å². The number of aromatic nitrogens is 2. The minimum absolute atomic E-state index is 0.170. The molecule has 0 bridgehead atoms. The van der Waals surface area contributed by atoms with Crippen molar-refractivity contribution in [2.24, 2.45) is 0 Å². The highest BCUT2D eigenvalue weighted by Crippen LogP contribution is 2.39. The number of hydrogen-bond acceptors (Lipinski definition) is 6. The molecule has 1 N–H and O–H groups in total. The molecule has 1 heterocycles. The van der Waals surface area contributed by atoms with Gasteiger partial charge in [-0.15, -0.1) is 11.8 Å². The normalized spacial score (nSPS) is 14.3. The Morgan fingerprint density at radius 2 is 1.93 bits per heavy atom. The van der Waals surface area contributed by atoms with Gasteiger partial charge in [-0.2, -0.15) is 0 Å². The molecule has 0 radical (unpaired) electrons. The van der Waals surface area contributed by atoms with Crippen molar-refractivity contribution in [3.05, 3.63) is 52.5 Å². The van der Waals surface area contributed by atoms with Crippen LogP contribution >= 0.6 is 11.8 Å². The molecule has 7 heteroatoms. The predicted molar refractivity (Wildman–Crippen MR) is 113 cm³/mol. The van der Waals surface area contributed by atoms with Crippen molar-refractivity contribution in [2.45, 2.75) is 57.0 Å². The molecule has 0 unspecified atom stereocenters. The molecule has 1 aromatic heterocycles. The second-order valence-electron chi connectivity index (χ2n) is 7.29. The SMILES string of the molecule is CCc1ccc([C@@H](C)NC(=O)COC(=O)c2c(C)nc(C3CC3)nc2SC)cc1. The third-order valence-electron chi connectivity index (χ3n) is 5.01. The van der Waals surface area contributed by atoms with Gasteiger partial charge in [-0.1, -0.05) is 31.2 Å². The van der Waals surface area contributed by atoms with Crippen LogP contribution in [0.3, 0.4) is 0 Å². The van der Waals surface area contributed by atoms with Gasteiger partial charge in [0.05, 0.1) is 11.7 Å². The van der Waals surface area contributed by atoms with E-state index in [-0.39, 0.29) is 18.6 Å². The number of hydrogen-bond donors (Lipinski definition) is 1. The number of amides is 1. The number of esters is 1. The lowest BCUT2D eigenvalue weighted by Gasteiger charge is -2.15. The molecule has 1 aliphatic carbocycles. The second kappa shape index (κ2) is 9.39. The number of thioether (sulfide) groups is 1. The van der Waals surface area contributed by atoms with Crippen LogP contribution in [-0.2, 0) is 16.0 Å². The first-order valence-electron chi connectivity index (χ1n) is 9.90. The minimum Gasteiger partial charge on any atom is -0.452 e. The molecular formula is C22H27N3O3S. The number of aryl methyl sites for hydroxylation is 2. The van der Waals surface area contributed by atoms with Gasteiger partial charge < -0.3 is 10.1 Å². The van der Waals surface area contributed by atoms with Crippen LogP contribution in [0.25, 0.3) is 0 Å². The topological polar surface area (TPSA) is 81.2 Å². The molecule has 2 aromatic rings. The highest BCUT2D eigenvalue weighted by molar-refractivity contribution is 7.98. The van der Waals surface area contributed by atoms with Gasteiger partial charge in [-0.3, -0.25) is 4.79 Å². The quantitative estimate of drug-likeness (QED) is 0.400. The summed E-state index contributed by atoms with van der Waals surface area (Å²) < 4.78 is 5.26. The Bertz CT molecular complexity index is 895. The van der Waals surface area contributed by atoms with E-state index in [2.05, 4.69) is 34.3 Å². The van der Waals surface area contributed by atoms with E-state index in [1.807, 2.05) is 25.3 Å². The summed E-state index contributed by atoms with van der Waals surface area (Å²) in [6, 6.07) is 7.94. The van der Waals surface area contributed by atoms with Crippen molar-refractivity contribution in [2.75, 3.05) is 12.9 Å². The fraction of sp³-hybridized carbons (Fsp3) is 0.455. The van der Waals surface area contributed by atoms with Crippen LogP contribution in [0.1, 0.15) is 71.7 Å². The molecule has 0 saturated heterocycles. The zero-order chi connectivity index (χ0) is 21.0. The first-order chi connectivity index (χ1) is 13.9. The smallest absolute Gasteiger partial charge is 0.343 e. The Morgan fingerprint density at radius 3 is 2.52 bits per heavy atom. The Morgan fingerprint density at radius 1 is 1.24 bits per heavy atom. The van der Waals surface area contributed by atoms with Crippen molar-refractivity contribution in [3.63, 3.8) is 0 Å². The Labute approximate surface area is 175 Å². The minimum atomic E-state index is -0.565. The first kappa shape index (κ1) is 21.3. The highest BCUT2D eigenvalue weighted by atomic mass is 32.2. The summed E-state index contributed by atoms with van der Waals surface area (Å²) in [6.07, 6.45) is 5.03. The molecule has 1 fully saturated rings. The molecule has 1 atom stereocenters. The lowest BCUT2D eigenvalue weighted by Crippen LogP contribution is -2.31. The van der Waals surface area contributed by atoms with Crippen LogP contribution in [0.15, 0.2) is 29.3 Å². The average molecular weight is 414 g/mol. The zero-order valence-electron chi connectivity index (χ0n) is 17.3. The number of ether oxygens (including phenoxy) is 1. The largest absolute Gasteiger partial charge is 0.452 e. The molecule has 3 rings (SSSR count). The summed E-state index contributed by atoms with van der Waals surface area (Å²) in [5.41, 5.74) is 3.20. The van der Waals surface area contributed by atoms with Crippen LogP contribution in [0.5, 0.6) is 0 Å². The fourth-order valence-corrected chi connectivity index (χ4v) is 3.71. The fourth-order valence-electron chi connectivity index (χ4n) is 3.09. The number of benzene rings is 1. The molecule has 6 nitrogen and oxygen atoms in total. The summed E-state index contributed by atoms with van der Waals surface area (Å²) in [5.74, 6) is 0.293. The van der Waals surface area contributed by atoms with Crippen LogP contribution in [-0.4, -0.2) is 34.7 Å². The highest BCUT2D eigenvalue weighted by Gasteiger charge is 2.29. The van der Waals surface area contributed by atoms with Gasteiger partial charge in [0, 0.05) is 5.92 Å². The second-order valence-corrected chi connectivity index (χ2v) is 8.08. The zero-order valence-corrected chi connectivity index (χ0v) is 18.1. The molecular weight excluding hydrogens is 386 g/mol. The van der Waals surface area contributed by atoms with E-state index in [1.54, 1.807) is 6.92 Å². The maximum Gasteiger partial charge on any atom is 0.343 e. The summed E-state index contributed by atoms with van der Waals surface area (Å²) >= 11 is 1.39. The first-order valence-corrected chi connectivity index (χ1v) is 11.1. The van der Waals surface area contributed by atoms with E-state index in [1.165, 1.54) is 17.3 Å². The van der Waals surface area contributed by atoms with Crippen LogP contribution in [0.2, 0.25) is 0 Å². The van der Waals surface area contributed by atoms with Gasteiger partial charge in [-0.05, 0) is 50.5 Å². The molecule has 1 aliphatic rings. The Hall–Kier alpha value is -2.41. The number of carbonyl (C=O) groups is 2. The summed E-state index contributed by atoms with van der Waals surface area (Å²) in [5, 5.41) is 3.47. The average Bonchev–Trinajstić information content (AvgIpc) is 3.56. The Kier molecular flexibility index (Phi) is 6.90. The Balaban J connectivity index is 1.59. The number of rotatable bonds is 8. The van der Waals surface area contributed by atoms with Crippen molar-refractivity contribution in [1.82, 2.24) is 15.3 Å². The molecule has 1 aromatic carbocycles. The maximum atomic E-state index is 12.6. The molecule has 1 amide bonds. The van der Waals surface area contributed by atoms with Gasteiger partial charge in [0.1, 0.15) is 16.4 Å². The van der Waals surface area contributed by atoms with E-state index in [0.29, 0.717) is 22.2 Å². The number of nitrogens with zero attached hydrogens (tertiary/aromatic N) is 2. The summed E-state index contributed by atoms with van der Waals surface area (Å²) in [7, 11) is 0. The van der Waals surface area contributed by atoms with E-state index in [9.17, 15) is 9.59 Å². The van der Waals surface area contributed by atoms with Gasteiger partial charge in [0.15, 0.2) is 6.61 Å². The monoisotopic (exact) mass is 413 g/mol. The summed E-state index contributed by atoms with van der Waals surface area (Å²) in [4.78, 5) is 33.8. The van der Waals surface area contributed by atoms with Crippen molar-refractivity contribution < 1.29 is 14.3 Å². The van der Waals surface area contributed by atoms with Crippen molar-refractivity contribution >= 4 is 23.6 Å². The van der Waals surface area contributed by atoms with Crippen molar-refractivity contribution in [1.29, 1.82) is 0 Å².